The van der Waals surface area contributed by atoms with Crippen molar-refractivity contribution in [3.63, 3.8) is 0 Å². The van der Waals surface area contributed by atoms with Crippen molar-refractivity contribution in [2.45, 2.75) is 40.2 Å². The number of H-pyrrole nitrogens is 1. The maximum Gasteiger partial charge on any atom is 0.195 e. The van der Waals surface area contributed by atoms with Crippen molar-refractivity contribution in [2.75, 3.05) is 0 Å². The molecule has 0 amide bonds. The smallest absolute Gasteiger partial charge is 0.195 e. The maximum atomic E-state index is 5.30. The van der Waals surface area contributed by atoms with Crippen LogP contribution in [0.1, 0.15) is 32.9 Å². The molecule has 2 rings (SSSR count). The molecule has 18 heavy (non-hydrogen) atoms. The van der Waals surface area contributed by atoms with Crippen LogP contribution in [-0.2, 0) is 13.0 Å². The first-order valence-corrected chi connectivity index (χ1v) is 7.50. The number of aromatic nitrogens is 4. The van der Waals surface area contributed by atoms with E-state index in [1.807, 2.05) is 5.51 Å². The van der Waals surface area contributed by atoms with E-state index in [4.69, 9.17) is 12.2 Å². The minimum absolute atomic E-state index is 0.538. The van der Waals surface area contributed by atoms with Gasteiger partial charge in [0.1, 0.15) is 0 Å². The standard InChI is InChI=1S/C12H18N4S2/c1-4-5-9-10(18-7-13-9)11-14-15-12(17)16(11)6-8(2)3/h7-8H,4-6H2,1-3H3,(H,15,17). The van der Waals surface area contributed by atoms with E-state index < -0.39 is 0 Å². The molecule has 0 aromatic carbocycles. The van der Waals surface area contributed by atoms with Crippen molar-refractivity contribution < 1.29 is 0 Å². The van der Waals surface area contributed by atoms with E-state index in [-0.39, 0.29) is 0 Å². The third-order valence-electron chi connectivity index (χ3n) is 2.64. The van der Waals surface area contributed by atoms with Crippen LogP contribution >= 0.6 is 23.6 Å². The third-order valence-corrected chi connectivity index (χ3v) is 3.81. The molecular weight excluding hydrogens is 264 g/mol. The minimum Gasteiger partial charge on any atom is -0.299 e. The topological polar surface area (TPSA) is 46.5 Å². The van der Waals surface area contributed by atoms with Crippen LogP contribution in [0, 0.1) is 10.7 Å². The summed E-state index contributed by atoms with van der Waals surface area (Å²) in [6.45, 7) is 7.40. The van der Waals surface area contributed by atoms with Crippen LogP contribution in [0.15, 0.2) is 5.51 Å². The molecule has 6 heteroatoms. The number of thiazole rings is 1. The average Bonchev–Trinajstić information content (AvgIpc) is 2.88. The van der Waals surface area contributed by atoms with Gasteiger partial charge in [-0.3, -0.25) is 9.67 Å². The van der Waals surface area contributed by atoms with Gasteiger partial charge in [0.05, 0.1) is 16.1 Å². The molecule has 2 aromatic rings. The molecule has 0 saturated heterocycles. The highest BCUT2D eigenvalue weighted by atomic mass is 32.1. The first kappa shape index (κ1) is 13.4. The molecule has 0 bridgehead atoms. The van der Waals surface area contributed by atoms with Gasteiger partial charge in [0, 0.05) is 6.54 Å². The minimum atomic E-state index is 0.538. The molecule has 0 saturated carbocycles. The highest BCUT2D eigenvalue weighted by Crippen LogP contribution is 2.27. The summed E-state index contributed by atoms with van der Waals surface area (Å²) in [6, 6.07) is 0. The second-order valence-corrected chi connectivity index (χ2v) is 5.98. The Labute approximate surface area is 116 Å². The number of aromatic amines is 1. The lowest BCUT2D eigenvalue weighted by Crippen LogP contribution is -2.06. The molecule has 1 N–H and O–H groups in total. The Morgan fingerprint density at radius 2 is 2.28 bits per heavy atom. The lowest BCUT2D eigenvalue weighted by atomic mass is 10.2. The average molecular weight is 282 g/mol. The lowest BCUT2D eigenvalue weighted by Gasteiger charge is -2.08. The Bertz CT molecular complexity index is 565. The second-order valence-electron chi connectivity index (χ2n) is 4.73. The SMILES string of the molecule is CCCc1ncsc1-c1n[nH]c(=S)n1CC(C)C. The van der Waals surface area contributed by atoms with Gasteiger partial charge in [-0.05, 0) is 24.6 Å². The Morgan fingerprint density at radius 3 is 2.94 bits per heavy atom. The van der Waals surface area contributed by atoms with Crippen LogP contribution in [0.3, 0.4) is 0 Å². The molecule has 4 nitrogen and oxygen atoms in total. The molecule has 0 aliphatic carbocycles. The van der Waals surface area contributed by atoms with Gasteiger partial charge >= 0.3 is 0 Å². The van der Waals surface area contributed by atoms with Gasteiger partial charge in [-0.1, -0.05) is 27.2 Å². The van der Waals surface area contributed by atoms with Crippen LogP contribution in [0.4, 0.5) is 0 Å². The summed E-state index contributed by atoms with van der Waals surface area (Å²) < 4.78 is 2.77. The molecule has 0 aliphatic heterocycles. The molecule has 2 aromatic heterocycles. The van der Waals surface area contributed by atoms with E-state index in [9.17, 15) is 0 Å². The molecule has 98 valence electrons. The van der Waals surface area contributed by atoms with Crippen LogP contribution in [0.2, 0.25) is 0 Å². The maximum absolute atomic E-state index is 5.30. The van der Waals surface area contributed by atoms with Gasteiger partial charge in [-0.15, -0.1) is 11.3 Å². The summed E-state index contributed by atoms with van der Waals surface area (Å²) in [5.41, 5.74) is 3.01. The summed E-state index contributed by atoms with van der Waals surface area (Å²) in [4.78, 5) is 5.57. The quantitative estimate of drug-likeness (QED) is 0.851. The Kier molecular flexibility index (Phi) is 4.29. The first-order chi connectivity index (χ1) is 8.63. The highest BCUT2D eigenvalue weighted by Gasteiger charge is 2.15. The van der Waals surface area contributed by atoms with E-state index in [1.54, 1.807) is 11.3 Å². The zero-order valence-electron chi connectivity index (χ0n) is 10.9. The highest BCUT2D eigenvalue weighted by molar-refractivity contribution is 7.71. The Balaban J connectivity index is 2.44. The Hall–Kier alpha value is -1.01. The zero-order chi connectivity index (χ0) is 13.1. The number of hydrogen-bond acceptors (Lipinski definition) is 4. The first-order valence-electron chi connectivity index (χ1n) is 6.21. The number of nitrogens with zero attached hydrogens (tertiary/aromatic N) is 3. The van der Waals surface area contributed by atoms with Gasteiger partial charge in [-0.25, -0.2) is 4.98 Å². The van der Waals surface area contributed by atoms with E-state index in [0.29, 0.717) is 10.7 Å². The predicted octanol–water partition coefficient (Wildman–Crippen LogP) is 3.67. The fourth-order valence-electron chi connectivity index (χ4n) is 1.89. The monoisotopic (exact) mass is 282 g/mol. The molecule has 0 radical (unpaired) electrons. The number of rotatable bonds is 5. The van der Waals surface area contributed by atoms with Crippen LogP contribution in [0.25, 0.3) is 10.7 Å². The summed E-state index contributed by atoms with van der Waals surface area (Å²) >= 11 is 6.94. The predicted molar refractivity (Wildman–Crippen MR) is 77.4 cm³/mol. The second kappa shape index (κ2) is 5.75. The van der Waals surface area contributed by atoms with Crippen molar-refractivity contribution in [1.82, 2.24) is 19.7 Å². The molecule has 2 heterocycles. The van der Waals surface area contributed by atoms with E-state index in [2.05, 4.69) is 40.5 Å². The molecule has 0 unspecified atom stereocenters. The molecule has 0 fully saturated rings. The molecule has 0 spiro atoms. The zero-order valence-corrected chi connectivity index (χ0v) is 12.6. The van der Waals surface area contributed by atoms with Crippen molar-refractivity contribution in [3.05, 3.63) is 16.0 Å². The van der Waals surface area contributed by atoms with Gasteiger partial charge in [0.2, 0.25) is 0 Å². The molecule has 0 aliphatic rings. The third kappa shape index (κ3) is 2.70. The largest absolute Gasteiger partial charge is 0.299 e. The number of hydrogen-bond donors (Lipinski definition) is 1. The normalized spacial score (nSPS) is 11.3. The van der Waals surface area contributed by atoms with E-state index in [1.165, 1.54) is 0 Å². The van der Waals surface area contributed by atoms with Crippen molar-refractivity contribution in [1.29, 1.82) is 0 Å². The van der Waals surface area contributed by atoms with Gasteiger partial charge in [0.25, 0.3) is 0 Å². The van der Waals surface area contributed by atoms with Gasteiger partial charge in [-0.2, -0.15) is 5.10 Å². The van der Waals surface area contributed by atoms with Crippen molar-refractivity contribution >= 4 is 23.6 Å². The van der Waals surface area contributed by atoms with Crippen LogP contribution < -0.4 is 0 Å². The van der Waals surface area contributed by atoms with Crippen molar-refractivity contribution in [2.24, 2.45) is 5.92 Å². The Morgan fingerprint density at radius 1 is 1.50 bits per heavy atom. The van der Waals surface area contributed by atoms with Crippen LogP contribution in [-0.4, -0.2) is 19.7 Å². The lowest BCUT2D eigenvalue weighted by molar-refractivity contribution is 0.521. The fraction of sp³-hybridized carbons (Fsp3) is 0.583. The summed E-state index contributed by atoms with van der Waals surface area (Å²) in [6.07, 6.45) is 2.08. The van der Waals surface area contributed by atoms with Gasteiger partial charge < -0.3 is 0 Å². The summed E-state index contributed by atoms with van der Waals surface area (Å²) in [7, 11) is 0. The van der Waals surface area contributed by atoms with E-state index in [0.717, 1.165) is 35.8 Å². The van der Waals surface area contributed by atoms with Crippen molar-refractivity contribution in [3.8, 4) is 10.7 Å². The van der Waals surface area contributed by atoms with E-state index >= 15 is 0 Å². The summed E-state index contributed by atoms with van der Waals surface area (Å²) in [5.74, 6) is 1.47. The fourth-order valence-corrected chi connectivity index (χ4v) is 2.94. The molecule has 0 atom stereocenters. The molecular formula is C12H18N4S2. The number of nitrogens with one attached hydrogen (secondary N) is 1. The number of aryl methyl sites for hydroxylation is 1. The summed E-state index contributed by atoms with van der Waals surface area (Å²) in [5, 5.41) is 7.27. The van der Waals surface area contributed by atoms with Gasteiger partial charge in [0.15, 0.2) is 10.6 Å². The van der Waals surface area contributed by atoms with Crippen LogP contribution in [0.5, 0.6) is 0 Å².